The van der Waals surface area contributed by atoms with Crippen LogP contribution in [0.25, 0.3) is 0 Å². The van der Waals surface area contributed by atoms with Gasteiger partial charge < -0.3 is 9.80 Å². The van der Waals surface area contributed by atoms with Crippen LogP contribution in [-0.4, -0.2) is 53.4 Å². The summed E-state index contributed by atoms with van der Waals surface area (Å²) in [4.78, 5) is 20.9. The third kappa shape index (κ3) is 6.02. The van der Waals surface area contributed by atoms with Gasteiger partial charge in [-0.2, -0.15) is 0 Å². The van der Waals surface area contributed by atoms with Gasteiger partial charge in [-0.1, -0.05) is 39.3 Å². The van der Waals surface area contributed by atoms with Crippen molar-refractivity contribution < 1.29 is 4.79 Å². The second kappa shape index (κ2) is 9.00. The predicted octanol–water partition coefficient (Wildman–Crippen LogP) is 3.18. The van der Waals surface area contributed by atoms with Crippen LogP contribution in [0, 0.1) is 5.92 Å². The fraction of sp³-hybridized carbons (Fsp3) is 0.625. The highest BCUT2D eigenvalue weighted by atomic mass is 35.5. The summed E-state index contributed by atoms with van der Waals surface area (Å²) in [6.07, 6.45) is 1.58. The van der Waals surface area contributed by atoms with Gasteiger partial charge in [0.2, 0.25) is 0 Å². The van der Waals surface area contributed by atoms with Crippen molar-refractivity contribution in [2.75, 3.05) is 32.7 Å². The number of nitrogens with zero attached hydrogens (tertiary/aromatic N) is 3. The van der Waals surface area contributed by atoms with Crippen molar-refractivity contribution in [3.8, 4) is 0 Å². The maximum atomic E-state index is 12.6. The number of rotatable bonds is 8. The molecule has 1 aromatic rings. The van der Waals surface area contributed by atoms with E-state index in [4.69, 9.17) is 11.6 Å². The molecule has 0 aliphatic heterocycles. The number of carbonyl (C=O) groups is 1. The third-order valence-electron chi connectivity index (χ3n) is 3.39. The summed E-state index contributed by atoms with van der Waals surface area (Å²) in [7, 11) is 0. The number of carbonyl (C=O) groups excluding carboxylic acids is 1. The Morgan fingerprint density at radius 3 is 2.48 bits per heavy atom. The van der Waals surface area contributed by atoms with Gasteiger partial charge in [-0.3, -0.25) is 9.78 Å². The highest BCUT2D eigenvalue weighted by molar-refractivity contribution is 6.30. The molecule has 1 amide bonds. The number of amides is 1. The average Bonchev–Trinajstić information content (AvgIpc) is 2.46. The van der Waals surface area contributed by atoms with Gasteiger partial charge in [-0.25, -0.2) is 0 Å². The summed E-state index contributed by atoms with van der Waals surface area (Å²) < 4.78 is 0. The monoisotopic (exact) mass is 311 g/mol. The van der Waals surface area contributed by atoms with Gasteiger partial charge in [0.1, 0.15) is 5.69 Å². The van der Waals surface area contributed by atoms with Crippen LogP contribution in [0.4, 0.5) is 0 Å². The molecule has 0 fully saturated rings. The standard InChI is InChI=1S/C16H26ClN3O/c1-5-19(6-2)9-10-20(12-13(3)4)16(21)15-11-14(17)7-8-18-15/h7-8,11,13H,5-6,9-10,12H2,1-4H3. The smallest absolute Gasteiger partial charge is 0.272 e. The summed E-state index contributed by atoms with van der Waals surface area (Å²) in [5.74, 6) is 0.378. The van der Waals surface area contributed by atoms with Crippen molar-refractivity contribution in [2.24, 2.45) is 5.92 Å². The SMILES string of the molecule is CCN(CC)CCN(CC(C)C)C(=O)c1cc(Cl)ccn1. The largest absolute Gasteiger partial charge is 0.336 e. The lowest BCUT2D eigenvalue weighted by atomic mass is 10.2. The number of likely N-dealkylation sites (N-methyl/N-ethyl adjacent to an activating group) is 1. The van der Waals surface area contributed by atoms with Crippen LogP contribution in [0.2, 0.25) is 5.02 Å². The maximum absolute atomic E-state index is 12.6. The molecule has 0 bridgehead atoms. The van der Waals surface area contributed by atoms with E-state index < -0.39 is 0 Å². The first-order valence-electron chi connectivity index (χ1n) is 7.61. The average molecular weight is 312 g/mol. The van der Waals surface area contributed by atoms with Crippen LogP contribution in [0.15, 0.2) is 18.3 Å². The van der Waals surface area contributed by atoms with Gasteiger partial charge in [0, 0.05) is 30.9 Å². The predicted molar refractivity (Wildman–Crippen MR) is 87.8 cm³/mol. The first-order valence-corrected chi connectivity index (χ1v) is 7.98. The van der Waals surface area contributed by atoms with Crippen LogP contribution in [-0.2, 0) is 0 Å². The van der Waals surface area contributed by atoms with Crippen molar-refractivity contribution in [3.63, 3.8) is 0 Å². The van der Waals surface area contributed by atoms with E-state index in [2.05, 4.69) is 37.6 Å². The van der Waals surface area contributed by atoms with E-state index in [1.165, 1.54) is 0 Å². The zero-order chi connectivity index (χ0) is 15.8. The molecular formula is C16H26ClN3O. The van der Waals surface area contributed by atoms with Gasteiger partial charge in [0.05, 0.1) is 0 Å². The highest BCUT2D eigenvalue weighted by Gasteiger charge is 2.18. The Kier molecular flexibility index (Phi) is 7.68. The first-order chi connectivity index (χ1) is 9.97. The third-order valence-corrected chi connectivity index (χ3v) is 3.63. The lowest BCUT2D eigenvalue weighted by Gasteiger charge is -2.27. The number of pyridine rings is 1. The second-order valence-corrected chi connectivity index (χ2v) is 5.97. The minimum Gasteiger partial charge on any atom is -0.336 e. The molecule has 0 aliphatic carbocycles. The molecule has 0 radical (unpaired) electrons. The van der Waals surface area contributed by atoms with E-state index >= 15 is 0 Å². The number of halogens is 1. The molecular weight excluding hydrogens is 286 g/mol. The fourth-order valence-electron chi connectivity index (χ4n) is 2.20. The fourth-order valence-corrected chi connectivity index (χ4v) is 2.36. The lowest BCUT2D eigenvalue weighted by molar-refractivity contribution is 0.0710. The van der Waals surface area contributed by atoms with Gasteiger partial charge >= 0.3 is 0 Å². The van der Waals surface area contributed by atoms with Crippen LogP contribution < -0.4 is 0 Å². The van der Waals surface area contributed by atoms with Crippen molar-refractivity contribution in [2.45, 2.75) is 27.7 Å². The summed E-state index contributed by atoms with van der Waals surface area (Å²) in [6, 6.07) is 3.32. The molecule has 4 nitrogen and oxygen atoms in total. The van der Waals surface area contributed by atoms with E-state index in [9.17, 15) is 4.79 Å². The van der Waals surface area contributed by atoms with Crippen LogP contribution in [0.3, 0.4) is 0 Å². The normalized spacial score (nSPS) is 11.2. The summed E-state index contributed by atoms with van der Waals surface area (Å²) in [5, 5.41) is 0.543. The summed E-state index contributed by atoms with van der Waals surface area (Å²) >= 11 is 5.95. The Bertz CT molecular complexity index is 447. The highest BCUT2D eigenvalue weighted by Crippen LogP contribution is 2.11. The Morgan fingerprint density at radius 2 is 1.95 bits per heavy atom. The molecule has 5 heteroatoms. The van der Waals surface area contributed by atoms with Crippen molar-refractivity contribution >= 4 is 17.5 Å². The lowest BCUT2D eigenvalue weighted by Crippen LogP contribution is -2.40. The Labute approximate surface area is 133 Å². The van der Waals surface area contributed by atoms with E-state index in [1.54, 1.807) is 18.3 Å². The molecule has 1 heterocycles. The molecule has 0 atom stereocenters. The van der Waals surface area contributed by atoms with E-state index in [-0.39, 0.29) is 5.91 Å². The molecule has 0 aliphatic rings. The minimum absolute atomic E-state index is 0.0432. The molecule has 0 unspecified atom stereocenters. The molecule has 0 aromatic carbocycles. The van der Waals surface area contributed by atoms with E-state index in [1.807, 2.05) is 4.90 Å². The second-order valence-electron chi connectivity index (χ2n) is 5.53. The van der Waals surface area contributed by atoms with Gasteiger partial charge in [-0.05, 0) is 31.1 Å². The van der Waals surface area contributed by atoms with Crippen molar-refractivity contribution in [1.82, 2.24) is 14.8 Å². The van der Waals surface area contributed by atoms with Crippen molar-refractivity contribution in [3.05, 3.63) is 29.0 Å². The number of hydrogen-bond acceptors (Lipinski definition) is 3. The minimum atomic E-state index is -0.0432. The van der Waals surface area contributed by atoms with Gasteiger partial charge in [-0.15, -0.1) is 0 Å². The summed E-state index contributed by atoms with van der Waals surface area (Å²) in [6.45, 7) is 12.8. The number of hydrogen-bond donors (Lipinski definition) is 0. The first kappa shape index (κ1) is 17.9. The Balaban J connectivity index is 2.78. The zero-order valence-corrected chi connectivity index (χ0v) is 14.2. The topological polar surface area (TPSA) is 36.4 Å². The molecule has 1 aromatic heterocycles. The Hall–Kier alpha value is -1.13. The maximum Gasteiger partial charge on any atom is 0.272 e. The van der Waals surface area contributed by atoms with Crippen LogP contribution in [0.1, 0.15) is 38.2 Å². The summed E-state index contributed by atoms with van der Waals surface area (Å²) in [5.41, 5.74) is 0.419. The van der Waals surface area contributed by atoms with Gasteiger partial charge in [0.25, 0.3) is 5.91 Å². The molecule has 0 N–H and O–H groups in total. The van der Waals surface area contributed by atoms with Crippen molar-refractivity contribution in [1.29, 1.82) is 0 Å². The Morgan fingerprint density at radius 1 is 1.29 bits per heavy atom. The van der Waals surface area contributed by atoms with E-state index in [0.29, 0.717) is 23.2 Å². The molecule has 0 spiro atoms. The zero-order valence-electron chi connectivity index (χ0n) is 13.5. The van der Waals surface area contributed by atoms with E-state index in [0.717, 1.165) is 26.2 Å². The number of aromatic nitrogens is 1. The van der Waals surface area contributed by atoms with Crippen LogP contribution in [0.5, 0.6) is 0 Å². The van der Waals surface area contributed by atoms with Crippen LogP contribution >= 0.6 is 11.6 Å². The molecule has 1 rings (SSSR count). The molecule has 118 valence electrons. The van der Waals surface area contributed by atoms with Gasteiger partial charge in [0.15, 0.2) is 0 Å². The molecule has 0 saturated heterocycles. The quantitative estimate of drug-likeness (QED) is 0.740. The molecule has 0 saturated carbocycles. The molecule has 21 heavy (non-hydrogen) atoms.